The zero-order valence-corrected chi connectivity index (χ0v) is 16.5. The summed E-state index contributed by atoms with van der Waals surface area (Å²) in [6.07, 6.45) is 1.85. The van der Waals surface area contributed by atoms with Gasteiger partial charge in [-0.1, -0.05) is 17.7 Å². The number of nitrogens with one attached hydrogen (secondary N) is 1. The van der Waals surface area contributed by atoms with Crippen molar-refractivity contribution in [1.82, 2.24) is 20.1 Å². The lowest BCUT2D eigenvalue weighted by atomic mass is 10.1. The van der Waals surface area contributed by atoms with Gasteiger partial charge < -0.3 is 10.1 Å². The highest BCUT2D eigenvalue weighted by atomic mass is 35.5. The molecule has 3 aromatic rings. The van der Waals surface area contributed by atoms with Crippen LogP contribution in [-0.2, 0) is 17.8 Å². The molecule has 2 aromatic heterocycles. The molecule has 0 bridgehead atoms. The van der Waals surface area contributed by atoms with E-state index >= 15 is 0 Å². The fourth-order valence-electron chi connectivity index (χ4n) is 2.88. The molecule has 0 aliphatic carbocycles. The second-order valence-electron chi connectivity index (χ2n) is 6.31. The van der Waals surface area contributed by atoms with Crippen LogP contribution in [0.5, 0.6) is 5.88 Å². The van der Waals surface area contributed by atoms with Gasteiger partial charge >= 0.3 is 0 Å². The maximum atomic E-state index is 13.1. The summed E-state index contributed by atoms with van der Waals surface area (Å²) in [5.74, 6) is -0.0601. The number of hydrogen-bond acceptors (Lipinski definition) is 4. The summed E-state index contributed by atoms with van der Waals surface area (Å²) in [7, 11) is 1.56. The van der Waals surface area contributed by atoms with Gasteiger partial charge in [0.25, 0.3) is 0 Å². The number of ether oxygens (including phenoxy) is 1. The highest BCUT2D eigenvalue weighted by Crippen LogP contribution is 2.20. The second kappa shape index (κ2) is 8.39. The number of methoxy groups -OCH3 is 1. The summed E-state index contributed by atoms with van der Waals surface area (Å²) in [5.41, 5.74) is 3.91. The van der Waals surface area contributed by atoms with Crippen molar-refractivity contribution in [2.24, 2.45) is 0 Å². The molecule has 6 nitrogen and oxygen atoms in total. The van der Waals surface area contributed by atoms with Crippen LogP contribution in [0.4, 0.5) is 4.39 Å². The van der Waals surface area contributed by atoms with Crippen LogP contribution in [0.15, 0.2) is 36.5 Å². The van der Waals surface area contributed by atoms with Crippen molar-refractivity contribution in [2.45, 2.75) is 26.8 Å². The van der Waals surface area contributed by atoms with Gasteiger partial charge in [0.05, 0.1) is 31.1 Å². The Bertz CT molecular complexity index is 1000. The van der Waals surface area contributed by atoms with Crippen molar-refractivity contribution in [3.8, 4) is 11.6 Å². The van der Waals surface area contributed by atoms with E-state index < -0.39 is 5.82 Å². The Morgan fingerprint density at radius 3 is 2.71 bits per heavy atom. The summed E-state index contributed by atoms with van der Waals surface area (Å²) in [6, 6.07) is 7.71. The molecule has 28 heavy (non-hydrogen) atoms. The average Bonchev–Trinajstić information content (AvgIpc) is 2.95. The van der Waals surface area contributed by atoms with Gasteiger partial charge in [-0.15, -0.1) is 0 Å². The third-order valence-corrected chi connectivity index (χ3v) is 4.80. The smallest absolute Gasteiger partial charge is 0.224 e. The zero-order chi connectivity index (χ0) is 20.3. The minimum absolute atomic E-state index is 0.168. The molecule has 0 spiro atoms. The molecule has 0 aliphatic heterocycles. The maximum Gasteiger partial charge on any atom is 0.224 e. The largest absolute Gasteiger partial charge is 0.481 e. The third kappa shape index (κ3) is 4.31. The van der Waals surface area contributed by atoms with E-state index in [1.807, 2.05) is 19.9 Å². The summed E-state index contributed by atoms with van der Waals surface area (Å²) in [6.45, 7) is 4.00. The lowest BCUT2D eigenvalue weighted by molar-refractivity contribution is -0.120. The van der Waals surface area contributed by atoms with Crippen LogP contribution in [-0.4, -0.2) is 27.8 Å². The summed E-state index contributed by atoms with van der Waals surface area (Å²) >= 11 is 6.00. The minimum atomic E-state index is -0.410. The number of nitrogens with zero attached hydrogens (tertiary/aromatic N) is 3. The molecule has 0 unspecified atom stereocenters. The molecular formula is C20H20ClFN4O2. The minimum Gasteiger partial charge on any atom is -0.481 e. The summed E-state index contributed by atoms with van der Waals surface area (Å²) in [4.78, 5) is 16.6. The summed E-state index contributed by atoms with van der Waals surface area (Å²) in [5, 5.41) is 7.62. The highest BCUT2D eigenvalue weighted by Gasteiger charge is 2.16. The quantitative estimate of drug-likeness (QED) is 0.684. The highest BCUT2D eigenvalue weighted by molar-refractivity contribution is 6.31. The number of carbonyl (C=O) groups is 1. The van der Waals surface area contributed by atoms with E-state index in [1.54, 1.807) is 30.1 Å². The molecule has 0 radical (unpaired) electrons. The van der Waals surface area contributed by atoms with Crippen LogP contribution in [0.2, 0.25) is 5.02 Å². The van der Waals surface area contributed by atoms with Crippen molar-refractivity contribution in [2.75, 3.05) is 7.11 Å². The number of rotatable bonds is 6. The molecule has 2 heterocycles. The first-order valence-corrected chi connectivity index (χ1v) is 9.03. The van der Waals surface area contributed by atoms with E-state index in [9.17, 15) is 9.18 Å². The Morgan fingerprint density at radius 2 is 2.07 bits per heavy atom. The topological polar surface area (TPSA) is 69.0 Å². The van der Waals surface area contributed by atoms with Crippen LogP contribution in [0, 0.1) is 19.7 Å². The zero-order valence-electron chi connectivity index (χ0n) is 15.8. The molecule has 1 N–H and O–H groups in total. The lowest BCUT2D eigenvalue weighted by Crippen LogP contribution is -2.25. The fraction of sp³-hybridized carbons (Fsp3) is 0.250. The number of pyridine rings is 1. The predicted molar refractivity (Wildman–Crippen MR) is 104 cm³/mol. The van der Waals surface area contributed by atoms with Crippen LogP contribution in [0.1, 0.15) is 22.5 Å². The van der Waals surface area contributed by atoms with Gasteiger partial charge in [0.15, 0.2) is 0 Å². The lowest BCUT2D eigenvalue weighted by Gasteiger charge is -2.08. The second-order valence-corrected chi connectivity index (χ2v) is 6.72. The van der Waals surface area contributed by atoms with Gasteiger partial charge in [-0.25, -0.2) is 14.1 Å². The van der Waals surface area contributed by atoms with Crippen molar-refractivity contribution in [3.63, 3.8) is 0 Å². The van der Waals surface area contributed by atoms with Crippen molar-refractivity contribution in [1.29, 1.82) is 0 Å². The molecule has 0 fully saturated rings. The summed E-state index contributed by atoms with van der Waals surface area (Å²) < 4.78 is 19.9. The Hall–Kier alpha value is -2.93. The number of aryl methyl sites for hydroxylation is 1. The van der Waals surface area contributed by atoms with E-state index in [0.717, 1.165) is 22.6 Å². The number of amides is 1. The van der Waals surface area contributed by atoms with Crippen molar-refractivity contribution < 1.29 is 13.9 Å². The van der Waals surface area contributed by atoms with Crippen LogP contribution < -0.4 is 10.1 Å². The third-order valence-electron chi connectivity index (χ3n) is 4.44. The first-order valence-electron chi connectivity index (χ1n) is 8.65. The molecule has 1 aromatic carbocycles. The van der Waals surface area contributed by atoms with E-state index in [2.05, 4.69) is 15.4 Å². The van der Waals surface area contributed by atoms with Crippen molar-refractivity contribution >= 4 is 17.5 Å². The molecular weight excluding hydrogens is 383 g/mol. The normalized spacial score (nSPS) is 10.8. The number of benzene rings is 1. The molecule has 0 atom stereocenters. The standard InChI is InChI=1S/C20H20ClFN4O2/c1-12-17(9-19(27)23-10-14-4-5-15(22)8-18(14)21)13(2)26(25-12)16-6-7-20(28-3)24-11-16/h4-8,11H,9-10H2,1-3H3,(H,23,27). The molecule has 0 aliphatic rings. The van der Waals surface area contributed by atoms with Crippen molar-refractivity contribution in [3.05, 3.63) is 69.9 Å². The Labute approximate surface area is 167 Å². The predicted octanol–water partition coefficient (Wildman–Crippen LogP) is 3.54. The SMILES string of the molecule is COc1ccc(-n2nc(C)c(CC(=O)NCc3ccc(F)cc3Cl)c2C)cn1. The number of hydrogen-bond donors (Lipinski definition) is 1. The fourth-order valence-corrected chi connectivity index (χ4v) is 3.12. The Morgan fingerprint density at radius 1 is 1.29 bits per heavy atom. The van der Waals surface area contributed by atoms with Gasteiger partial charge in [0, 0.05) is 28.9 Å². The number of aromatic nitrogens is 3. The molecule has 3 rings (SSSR count). The van der Waals surface area contributed by atoms with Gasteiger partial charge in [-0.3, -0.25) is 4.79 Å². The molecule has 8 heteroatoms. The number of carbonyl (C=O) groups excluding carboxylic acids is 1. The molecule has 1 amide bonds. The van der Waals surface area contributed by atoms with Crippen LogP contribution >= 0.6 is 11.6 Å². The monoisotopic (exact) mass is 402 g/mol. The Balaban J connectivity index is 1.71. The van der Waals surface area contributed by atoms with Gasteiger partial charge in [0.1, 0.15) is 5.82 Å². The van der Waals surface area contributed by atoms with E-state index in [1.165, 1.54) is 12.1 Å². The average molecular weight is 403 g/mol. The van der Waals surface area contributed by atoms with E-state index in [0.29, 0.717) is 11.4 Å². The Kier molecular flexibility index (Phi) is 5.94. The van der Waals surface area contributed by atoms with E-state index in [-0.39, 0.29) is 23.9 Å². The molecule has 0 saturated heterocycles. The molecule has 146 valence electrons. The van der Waals surface area contributed by atoms with Gasteiger partial charge in [-0.05, 0) is 37.6 Å². The van der Waals surface area contributed by atoms with Gasteiger partial charge in [-0.2, -0.15) is 5.10 Å². The van der Waals surface area contributed by atoms with Crippen LogP contribution in [0.25, 0.3) is 5.69 Å². The van der Waals surface area contributed by atoms with Gasteiger partial charge in [0.2, 0.25) is 11.8 Å². The van der Waals surface area contributed by atoms with Crippen LogP contribution in [0.3, 0.4) is 0 Å². The first-order chi connectivity index (χ1) is 13.4. The maximum absolute atomic E-state index is 13.1. The first kappa shape index (κ1) is 19.8. The molecule has 0 saturated carbocycles. The number of halogens is 2. The van der Waals surface area contributed by atoms with E-state index in [4.69, 9.17) is 16.3 Å².